The molecule has 0 bridgehead atoms. The van der Waals surface area contributed by atoms with E-state index in [0.717, 1.165) is 22.5 Å². The predicted octanol–water partition coefficient (Wildman–Crippen LogP) is 2.50. The van der Waals surface area contributed by atoms with E-state index in [-0.39, 0.29) is 12.1 Å². The number of anilines is 1. The average molecular weight is 353 g/mol. The Labute approximate surface area is 137 Å². The molecule has 0 N–H and O–H groups in total. The molecular formula is C16H13F2NO4S. The summed E-state index contributed by atoms with van der Waals surface area (Å²) in [5.74, 6) is -2.83. The molecule has 0 aromatic heterocycles. The SMILES string of the molecule is COC(=O)c1ccc2c(c1)CCN2S(=O)(=O)c1c(F)cccc1F. The fourth-order valence-electron chi connectivity index (χ4n) is 2.71. The molecule has 2 aromatic carbocycles. The normalized spacial score (nSPS) is 13.7. The Bertz CT molecular complexity index is 907. The van der Waals surface area contributed by atoms with Crippen LogP contribution in [0.3, 0.4) is 0 Å². The van der Waals surface area contributed by atoms with Gasteiger partial charge in [-0.05, 0) is 42.3 Å². The van der Waals surface area contributed by atoms with E-state index in [0.29, 0.717) is 17.7 Å². The van der Waals surface area contributed by atoms with Gasteiger partial charge in [0.1, 0.15) is 11.6 Å². The molecule has 0 unspecified atom stereocenters. The van der Waals surface area contributed by atoms with Crippen LogP contribution in [0.15, 0.2) is 41.3 Å². The van der Waals surface area contributed by atoms with Crippen molar-refractivity contribution >= 4 is 21.7 Å². The van der Waals surface area contributed by atoms with Crippen LogP contribution in [0, 0.1) is 11.6 Å². The number of carbonyl (C=O) groups is 1. The smallest absolute Gasteiger partial charge is 0.337 e. The summed E-state index contributed by atoms with van der Waals surface area (Å²) < 4.78 is 58.7. The van der Waals surface area contributed by atoms with Crippen LogP contribution in [0.5, 0.6) is 0 Å². The minimum absolute atomic E-state index is 0.0378. The molecule has 2 aromatic rings. The molecular weight excluding hydrogens is 340 g/mol. The van der Waals surface area contributed by atoms with Gasteiger partial charge < -0.3 is 4.74 Å². The van der Waals surface area contributed by atoms with Gasteiger partial charge in [-0.25, -0.2) is 22.0 Å². The van der Waals surface area contributed by atoms with Crippen molar-refractivity contribution in [3.8, 4) is 0 Å². The summed E-state index contributed by atoms with van der Waals surface area (Å²) in [6, 6.07) is 7.26. The quantitative estimate of drug-likeness (QED) is 0.796. The lowest BCUT2D eigenvalue weighted by Crippen LogP contribution is -2.30. The van der Waals surface area contributed by atoms with Gasteiger partial charge in [0, 0.05) is 6.54 Å². The predicted molar refractivity (Wildman–Crippen MR) is 82.4 cm³/mol. The van der Waals surface area contributed by atoms with E-state index < -0.39 is 32.5 Å². The highest BCUT2D eigenvalue weighted by Crippen LogP contribution is 2.35. The lowest BCUT2D eigenvalue weighted by atomic mass is 10.1. The van der Waals surface area contributed by atoms with Gasteiger partial charge in [0.15, 0.2) is 4.90 Å². The lowest BCUT2D eigenvalue weighted by molar-refractivity contribution is 0.0600. The summed E-state index contributed by atoms with van der Waals surface area (Å²) in [6.45, 7) is 0.0378. The Morgan fingerprint density at radius 2 is 1.83 bits per heavy atom. The Kier molecular flexibility index (Phi) is 4.00. The molecule has 0 saturated carbocycles. The Morgan fingerprint density at radius 1 is 1.17 bits per heavy atom. The van der Waals surface area contributed by atoms with Gasteiger partial charge in [0.25, 0.3) is 10.0 Å². The van der Waals surface area contributed by atoms with Crippen LogP contribution >= 0.6 is 0 Å². The highest BCUT2D eigenvalue weighted by atomic mass is 32.2. The third-order valence-electron chi connectivity index (χ3n) is 3.82. The minimum Gasteiger partial charge on any atom is -0.465 e. The number of ether oxygens (including phenoxy) is 1. The van der Waals surface area contributed by atoms with Crippen molar-refractivity contribution in [1.29, 1.82) is 0 Å². The molecule has 0 spiro atoms. The third-order valence-corrected chi connectivity index (χ3v) is 5.69. The molecule has 24 heavy (non-hydrogen) atoms. The molecule has 3 rings (SSSR count). The van der Waals surface area contributed by atoms with E-state index in [1.54, 1.807) is 0 Å². The van der Waals surface area contributed by atoms with E-state index >= 15 is 0 Å². The van der Waals surface area contributed by atoms with Crippen LogP contribution in [0.4, 0.5) is 14.5 Å². The van der Waals surface area contributed by atoms with Crippen LogP contribution < -0.4 is 4.31 Å². The number of benzene rings is 2. The molecule has 5 nitrogen and oxygen atoms in total. The topological polar surface area (TPSA) is 63.7 Å². The first-order valence-electron chi connectivity index (χ1n) is 7.04. The first-order valence-corrected chi connectivity index (χ1v) is 8.48. The Hall–Kier alpha value is -2.48. The molecule has 0 radical (unpaired) electrons. The van der Waals surface area contributed by atoms with Gasteiger partial charge in [-0.15, -0.1) is 0 Å². The molecule has 0 atom stereocenters. The van der Waals surface area contributed by atoms with Crippen molar-refractivity contribution in [1.82, 2.24) is 0 Å². The standard InChI is InChI=1S/C16H13F2NO4S/c1-23-16(20)11-5-6-14-10(9-11)7-8-19(14)24(21,22)15-12(17)3-2-4-13(15)18/h2-6,9H,7-8H2,1H3. The summed E-state index contributed by atoms with van der Waals surface area (Å²) in [4.78, 5) is 10.6. The first kappa shape index (κ1) is 16.4. The number of halogens is 2. The van der Waals surface area contributed by atoms with Crippen molar-refractivity contribution in [2.24, 2.45) is 0 Å². The molecule has 0 aliphatic carbocycles. The van der Waals surface area contributed by atoms with Crippen molar-refractivity contribution in [3.63, 3.8) is 0 Å². The maximum absolute atomic E-state index is 13.9. The van der Waals surface area contributed by atoms with Gasteiger partial charge in [-0.1, -0.05) is 6.07 Å². The van der Waals surface area contributed by atoms with Crippen LogP contribution in [-0.4, -0.2) is 28.0 Å². The fraction of sp³-hybridized carbons (Fsp3) is 0.188. The van der Waals surface area contributed by atoms with Gasteiger partial charge >= 0.3 is 5.97 Å². The number of nitrogens with zero attached hydrogens (tertiary/aromatic N) is 1. The lowest BCUT2D eigenvalue weighted by Gasteiger charge is -2.20. The highest BCUT2D eigenvalue weighted by molar-refractivity contribution is 7.92. The number of methoxy groups -OCH3 is 1. The van der Waals surface area contributed by atoms with Gasteiger partial charge in [0.2, 0.25) is 0 Å². The number of rotatable bonds is 3. The van der Waals surface area contributed by atoms with E-state index in [2.05, 4.69) is 4.74 Å². The van der Waals surface area contributed by atoms with E-state index in [1.807, 2.05) is 0 Å². The minimum atomic E-state index is -4.38. The number of sulfonamides is 1. The van der Waals surface area contributed by atoms with Crippen LogP contribution in [0.25, 0.3) is 0 Å². The van der Waals surface area contributed by atoms with Gasteiger partial charge in [0.05, 0.1) is 18.4 Å². The molecule has 8 heteroatoms. The Balaban J connectivity index is 2.07. The maximum atomic E-state index is 13.9. The van der Waals surface area contributed by atoms with E-state index in [1.165, 1.54) is 25.3 Å². The first-order chi connectivity index (χ1) is 11.4. The molecule has 0 fully saturated rings. The second-order valence-electron chi connectivity index (χ2n) is 5.21. The maximum Gasteiger partial charge on any atom is 0.337 e. The number of carbonyl (C=O) groups excluding carboxylic acids is 1. The largest absolute Gasteiger partial charge is 0.465 e. The molecule has 1 heterocycles. The molecule has 126 valence electrons. The second-order valence-corrected chi connectivity index (χ2v) is 7.01. The van der Waals surface area contributed by atoms with Crippen molar-refractivity contribution in [2.45, 2.75) is 11.3 Å². The molecule has 0 amide bonds. The highest BCUT2D eigenvalue weighted by Gasteiger charge is 2.35. The summed E-state index contributed by atoms with van der Waals surface area (Å²) in [5, 5.41) is 0. The molecule has 0 saturated heterocycles. The summed E-state index contributed by atoms with van der Waals surface area (Å²) in [6.07, 6.45) is 0.329. The molecule has 1 aliphatic heterocycles. The fourth-order valence-corrected chi connectivity index (χ4v) is 4.32. The number of fused-ring (bicyclic) bond motifs is 1. The van der Waals surface area contributed by atoms with Crippen molar-refractivity contribution in [2.75, 3.05) is 18.0 Å². The summed E-state index contributed by atoms with van der Waals surface area (Å²) in [5.41, 5.74) is 1.18. The zero-order valence-electron chi connectivity index (χ0n) is 12.6. The number of hydrogen-bond donors (Lipinski definition) is 0. The number of hydrogen-bond acceptors (Lipinski definition) is 4. The molecule has 1 aliphatic rings. The summed E-state index contributed by atoms with van der Waals surface area (Å²) in [7, 11) is -3.14. The van der Waals surface area contributed by atoms with Crippen LogP contribution in [0.2, 0.25) is 0 Å². The van der Waals surface area contributed by atoms with E-state index in [9.17, 15) is 22.0 Å². The zero-order chi connectivity index (χ0) is 17.5. The van der Waals surface area contributed by atoms with Crippen molar-refractivity contribution < 1.29 is 26.7 Å². The summed E-state index contributed by atoms with van der Waals surface area (Å²) >= 11 is 0. The zero-order valence-corrected chi connectivity index (χ0v) is 13.4. The van der Waals surface area contributed by atoms with E-state index in [4.69, 9.17) is 0 Å². The van der Waals surface area contributed by atoms with Gasteiger partial charge in [-0.2, -0.15) is 0 Å². The van der Waals surface area contributed by atoms with Gasteiger partial charge in [-0.3, -0.25) is 4.31 Å². The van der Waals surface area contributed by atoms with Crippen LogP contribution in [-0.2, 0) is 21.2 Å². The third kappa shape index (κ3) is 2.52. The second kappa shape index (κ2) is 5.86. The van der Waals surface area contributed by atoms with Crippen LogP contribution in [0.1, 0.15) is 15.9 Å². The monoisotopic (exact) mass is 353 g/mol. The number of esters is 1. The Morgan fingerprint density at radius 3 is 2.46 bits per heavy atom. The average Bonchev–Trinajstić information content (AvgIpc) is 2.97. The van der Waals surface area contributed by atoms with Crippen molar-refractivity contribution in [3.05, 3.63) is 59.2 Å².